The van der Waals surface area contributed by atoms with E-state index in [1.807, 2.05) is 53.1 Å². The molecule has 0 saturated carbocycles. The van der Waals surface area contributed by atoms with Gasteiger partial charge in [0, 0.05) is 11.9 Å². The number of carboxylic acid groups (broad SMARTS) is 1. The molecule has 2 aromatic heterocycles. The molecule has 0 aliphatic carbocycles. The number of aromatic nitrogens is 3. The maximum absolute atomic E-state index is 10.9. The van der Waals surface area contributed by atoms with Gasteiger partial charge in [-0.2, -0.15) is 0 Å². The van der Waals surface area contributed by atoms with Crippen molar-refractivity contribution in [2.45, 2.75) is 17.3 Å². The minimum atomic E-state index is -0.819. The lowest BCUT2D eigenvalue weighted by atomic mass is 10.1. The Morgan fingerprint density at radius 1 is 1.10 bits per heavy atom. The fraction of sp³-hybridized carbons (Fsp3) is 0.133. The van der Waals surface area contributed by atoms with Gasteiger partial charge in [0.05, 0.1) is 6.42 Å². The van der Waals surface area contributed by atoms with Crippen molar-refractivity contribution in [1.82, 2.24) is 14.6 Å². The highest BCUT2D eigenvalue weighted by atomic mass is 32.2. The fourth-order valence-corrected chi connectivity index (χ4v) is 3.05. The van der Waals surface area contributed by atoms with Crippen LogP contribution in [0.5, 0.6) is 0 Å². The van der Waals surface area contributed by atoms with E-state index in [0.717, 1.165) is 21.9 Å². The minimum absolute atomic E-state index is 0.0390. The van der Waals surface area contributed by atoms with Gasteiger partial charge in [0.25, 0.3) is 0 Å². The third kappa shape index (κ3) is 3.05. The first kappa shape index (κ1) is 13.6. The van der Waals surface area contributed by atoms with Crippen molar-refractivity contribution in [3.8, 4) is 0 Å². The molecule has 0 radical (unpaired) electrons. The zero-order valence-electron chi connectivity index (χ0n) is 11.1. The normalized spacial score (nSPS) is 10.9. The molecule has 0 aliphatic rings. The number of benzene rings is 1. The average Bonchev–Trinajstić information content (AvgIpc) is 2.89. The van der Waals surface area contributed by atoms with Crippen LogP contribution in [0.3, 0.4) is 0 Å². The number of carboxylic acids is 1. The topological polar surface area (TPSA) is 67.5 Å². The van der Waals surface area contributed by atoms with Crippen LogP contribution in [-0.4, -0.2) is 25.7 Å². The van der Waals surface area contributed by atoms with Gasteiger partial charge < -0.3 is 5.11 Å². The van der Waals surface area contributed by atoms with Gasteiger partial charge in [-0.1, -0.05) is 42.1 Å². The van der Waals surface area contributed by atoms with Crippen LogP contribution in [0.2, 0.25) is 0 Å². The van der Waals surface area contributed by atoms with Crippen molar-refractivity contribution in [1.29, 1.82) is 0 Å². The summed E-state index contributed by atoms with van der Waals surface area (Å²) in [5.74, 6) is -0.153. The van der Waals surface area contributed by atoms with Gasteiger partial charge in [0.2, 0.25) is 0 Å². The Morgan fingerprint density at radius 3 is 2.67 bits per heavy atom. The molecule has 0 unspecified atom stereocenters. The van der Waals surface area contributed by atoms with Crippen LogP contribution in [0, 0.1) is 0 Å². The summed E-state index contributed by atoms with van der Waals surface area (Å²) in [5, 5.41) is 18.0. The highest BCUT2D eigenvalue weighted by molar-refractivity contribution is 7.98. The molecule has 0 spiro atoms. The minimum Gasteiger partial charge on any atom is -0.481 e. The quantitative estimate of drug-likeness (QED) is 0.734. The van der Waals surface area contributed by atoms with E-state index in [2.05, 4.69) is 10.2 Å². The number of rotatable bonds is 5. The molecule has 5 nitrogen and oxygen atoms in total. The third-order valence-corrected chi connectivity index (χ3v) is 4.09. The molecule has 0 aliphatic heterocycles. The molecule has 106 valence electrons. The van der Waals surface area contributed by atoms with E-state index in [-0.39, 0.29) is 6.42 Å². The summed E-state index contributed by atoms with van der Waals surface area (Å²) in [6.45, 7) is 0. The Kier molecular flexibility index (Phi) is 3.87. The molecule has 21 heavy (non-hydrogen) atoms. The van der Waals surface area contributed by atoms with E-state index in [1.54, 1.807) is 11.8 Å². The molecule has 0 amide bonds. The van der Waals surface area contributed by atoms with Gasteiger partial charge in [-0.3, -0.25) is 9.20 Å². The van der Waals surface area contributed by atoms with Crippen molar-refractivity contribution < 1.29 is 9.90 Å². The molecular formula is C15H13N3O2S. The smallest absolute Gasteiger partial charge is 0.307 e. The number of hydrogen-bond acceptors (Lipinski definition) is 4. The lowest BCUT2D eigenvalue weighted by molar-refractivity contribution is -0.136. The number of aliphatic carboxylic acids is 1. The molecule has 0 fully saturated rings. The number of nitrogens with zero attached hydrogens (tertiary/aromatic N) is 3. The Labute approximate surface area is 125 Å². The van der Waals surface area contributed by atoms with Gasteiger partial charge in [0.1, 0.15) is 0 Å². The van der Waals surface area contributed by atoms with E-state index in [1.165, 1.54) is 0 Å². The summed E-state index contributed by atoms with van der Waals surface area (Å²) < 4.78 is 1.92. The standard InChI is InChI=1S/C15H13N3O2S/c19-14(20)9-11-5-1-2-6-12(11)10-21-15-17-16-13-7-3-4-8-18(13)15/h1-8H,9-10H2,(H,19,20). The molecule has 0 saturated heterocycles. The number of pyridine rings is 1. The summed E-state index contributed by atoms with van der Waals surface area (Å²) in [6.07, 6.45) is 1.96. The van der Waals surface area contributed by atoms with E-state index >= 15 is 0 Å². The highest BCUT2D eigenvalue weighted by Gasteiger charge is 2.09. The first-order valence-corrected chi connectivity index (χ1v) is 7.44. The second-order valence-corrected chi connectivity index (χ2v) is 5.48. The molecule has 3 rings (SSSR count). The maximum Gasteiger partial charge on any atom is 0.307 e. The molecule has 1 N–H and O–H groups in total. The average molecular weight is 299 g/mol. The molecule has 0 atom stereocenters. The van der Waals surface area contributed by atoms with Crippen LogP contribution in [0.1, 0.15) is 11.1 Å². The van der Waals surface area contributed by atoms with Crippen LogP contribution in [0.4, 0.5) is 0 Å². The van der Waals surface area contributed by atoms with Gasteiger partial charge in [-0.25, -0.2) is 0 Å². The lowest BCUT2D eigenvalue weighted by Gasteiger charge is -2.06. The van der Waals surface area contributed by atoms with Crippen LogP contribution >= 0.6 is 11.8 Å². The Hall–Kier alpha value is -2.34. The van der Waals surface area contributed by atoms with Gasteiger partial charge in [-0.15, -0.1) is 10.2 Å². The SMILES string of the molecule is O=C(O)Cc1ccccc1CSc1nnc2ccccn12. The van der Waals surface area contributed by atoms with E-state index in [9.17, 15) is 4.79 Å². The van der Waals surface area contributed by atoms with Crippen LogP contribution in [0.15, 0.2) is 53.8 Å². The van der Waals surface area contributed by atoms with Gasteiger partial charge in [0.15, 0.2) is 10.8 Å². The number of thioether (sulfide) groups is 1. The number of carbonyl (C=O) groups is 1. The number of hydrogen-bond donors (Lipinski definition) is 1. The van der Waals surface area contributed by atoms with E-state index < -0.39 is 5.97 Å². The van der Waals surface area contributed by atoms with Crippen molar-refractivity contribution >= 4 is 23.4 Å². The predicted octanol–water partition coefficient (Wildman–Crippen LogP) is 2.65. The summed E-state index contributed by atoms with van der Waals surface area (Å²) >= 11 is 1.55. The van der Waals surface area contributed by atoms with Crippen molar-refractivity contribution in [3.05, 3.63) is 59.8 Å². The zero-order chi connectivity index (χ0) is 14.7. The Balaban J connectivity index is 1.80. The fourth-order valence-electron chi connectivity index (χ4n) is 2.09. The van der Waals surface area contributed by atoms with Crippen molar-refractivity contribution in [2.24, 2.45) is 0 Å². The Bertz CT molecular complexity index is 785. The van der Waals surface area contributed by atoms with Crippen LogP contribution in [0.25, 0.3) is 5.65 Å². The Morgan fingerprint density at radius 2 is 1.86 bits per heavy atom. The summed E-state index contributed by atoms with van der Waals surface area (Å²) in [7, 11) is 0. The molecule has 6 heteroatoms. The predicted molar refractivity (Wildman–Crippen MR) is 80.3 cm³/mol. The van der Waals surface area contributed by atoms with Crippen LogP contribution < -0.4 is 0 Å². The van der Waals surface area contributed by atoms with E-state index in [4.69, 9.17) is 5.11 Å². The molecule has 2 heterocycles. The lowest BCUT2D eigenvalue weighted by Crippen LogP contribution is -2.03. The molecule has 0 bridgehead atoms. The second-order valence-electron chi connectivity index (χ2n) is 4.54. The van der Waals surface area contributed by atoms with Crippen molar-refractivity contribution in [3.63, 3.8) is 0 Å². The van der Waals surface area contributed by atoms with Gasteiger partial charge in [-0.05, 0) is 23.3 Å². The van der Waals surface area contributed by atoms with Gasteiger partial charge >= 0.3 is 5.97 Å². The first-order chi connectivity index (χ1) is 10.2. The second kappa shape index (κ2) is 5.97. The number of fused-ring (bicyclic) bond motifs is 1. The van der Waals surface area contributed by atoms with Crippen LogP contribution in [-0.2, 0) is 17.0 Å². The summed E-state index contributed by atoms with van der Waals surface area (Å²) in [5.41, 5.74) is 2.66. The highest BCUT2D eigenvalue weighted by Crippen LogP contribution is 2.23. The van der Waals surface area contributed by atoms with Crippen molar-refractivity contribution in [2.75, 3.05) is 0 Å². The third-order valence-electron chi connectivity index (χ3n) is 3.10. The maximum atomic E-state index is 10.9. The largest absolute Gasteiger partial charge is 0.481 e. The first-order valence-electron chi connectivity index (χ1n) is 6.45. The molecule has 3 aromatic rings. The summed E-state index contributed by atoms with van der Waals surface area (Å²) in [6, 6.07) is 13.3. The molecule has 1 aromatic carbocycles. The van der Waals surface area contributed by atoms with E-state index in [0.29, 0.717) is 5.75 Å². The zero-order valence-corrected chi connectivity index (χ0v) is 12.0. The summed E-state index contributed by atoms with van der Waals surface area (Å²) in [4.78, 5) is 10.9. The molecular weight excluding hydrogens is 286 g/mol. The monoisotopic (exact) mass is 299 g/mol.